The fourth-order valence-corrected chi connectivity index (χ4v) is 1.76. The first-order valence-electron chi connectivity index (χ1n) is 4.99. The van der Waals surface area contributed by atoms with Gasteiger partial charge in [0.15, 0.2) is 0 Å². The zero-order valence-corrected chi connectivity index (χ0v) is 9.93. The number of nitrogens with one attached hydrogen (secondary N) is 1. The molecular formula is C10H17N3OS. The highest BCUT2D eigenvalue weighted by Gasteiger charge is 2.07. The van der Waals surface area contributed by atoms with E-state index in [4.69, 9.17) is 5.73 Å². The summed E-state index contributed by atoms with van der Waals surface area (Å²) in [6.45, 7) is 4.97. The van der Waals surface area contributed by atoms with Crippen molar-refractivity contribution in [1.29, 1.82) is 0 Å². The third-order valence-corrected chi connectivity index (χ3v) is 2.89. The van der Waals surface area contributed by atoms with E-state index in [0.717, 1.165) is 10.7 Å². The van der Waals surface area contributed by atoms with E-state index in [1.54, 1.807) is 11.3 Å². The van der Waals surface area contributed by atoms with Crippen LogP contribution in [0.5, 0.6) is 0 Å². The van der Waals surface area contributed by atoms with Crippen LogP contribution in [-0.2, 0) is 11.3 Å². The second-order valence-electron chi connectivity index (χ2n) is 3.68. The van der Waals surface area contributed by atoms with Crippen molar-refractivity contribution in [3.63, 3.8) is 0 Å². The number of rotatable bonds is 5. The van der Waals surface area contributed by atoms with Gasteiger partial charge >= 0.3 is 0 Å². The lowest BCUT2D eigenvalue weighted by Crippen LogP contribution is -2.26. The van der Waals surface area contributed by atoms with Crippen LogP contribution in [0.4, 0.5) is 0 Å². The predicted octanol–water partition coefficient (Wildman–Crippen LogP) is 1.05. The Balaban J connectivity index is 2.28. The van der Waals surface area contributed by atoms with Gasteiger partial charge in [0.05, 0.1) is 17.2 Å². The molecule has 0 saturated heterocycles. The van der Waals surface area contributed by atoms with Gasteiger partial charge in [0.25, 0.3) is 0 Å². The van der Waals surface area contributed by atoms with Gasteiger partial charge in [0.1, 0.15) is 0 Å². The summed E-state index contributed by atoms with van der Waals surface area (Å²) in [7, 11) is 0. The van der Waals surface area contributed by atoms with Gasteiger partial charge < -0.3 is 11.1 Å². The maximum Gasteiger partial charge on any atom is 0.220 e. The van der Waals surface area contributed by atoms with Crippen molar-refractivity contribution in [1.82, 2.24) is 10.3 Å². The summed E-state index contributed by atoms with van der Waals surface area (Å²) in [5.41, 5.74) is 6.36. The largest absolute Gasteiger partial charge is 0.350 e. The normalized spacial score (nSPS) is 12.5. The minimum Gasteiger partial charge on any atom is -0.350 e. The molecule has 0 aliphatic rings. The second-order valence-corrected chi connectivity index (χ2v) is 4.74. The SMILES string of the molecule is Cc1nc(CNC(=O)CC(C)CN)cs1. The highest BCUT2D eigenvalue weighted by molar-refractivity contribution is 7.09. The molecule has 84 valence electrons. The average Bonchev–Trinajstić information content (AvgIpc) is 2.61. The fourth-order valence-electron chi connectivity index (χ4n) is 1.15. The Kier molecular flexibility index (Phi) is 4.71. The molecule has 3 N–H and O–H groups in total. The van der Waals surface area contributed by atoms with Crippen LogP contribution in [0.2, 0.25) is 0 Å². The molecule has 1 rings (SSSR count). The lowest BCUT2D eigenvalue weighted by Gasteiger charge is -2.07. The number of aryl methyl sites for hydroxylation is 1. The molecule has 1 unspecified atom stereocenters. The molecule has 0 aliphatic carbocycles. The van der Waals surface area contributed by atoms with E-state index in [1.165, 1.54) is 0 Å². The minimum atomic E-state index is 0.0404. The molecule has 0 bridgehead atoms. The molecule has 0 fully saturated rings. The molecule has 5 heteroatoms. The topological polar surface area (TPSA) is 68.0 Å². The molecule has 0 radical (unpaired) electrons. The summed E-state index contributed by atoms with van der Waals surface area (Å²) in [4.78, 5) is 15.7. The van der Waals surface area contributed by atoms with Gasteiger partial charge in [-0.25, -0.2) is 4.98 Å². The van der Waals surface area contributed by atoms with E-state index in [1.807, 2.05) is 19.2 Å². The summed E-state index contributed by atoms with van der Waals surface area (Å²) in [5, 5.41) is 5.81. The average molecular weight is 227 g/mol. The van der Waals surface area contributed by atoms with Gasteiger partial charge in [-0.15, -0.1) is 11.3 Å². The molecule has 0 spiro atoms. The monoisotopic (exact) mass is 227 g/mol. The Morgan fingerprint density at radius 3 is 3.00 bits per heavy atom. The first-order valence-corrected chi connectivity index (χ1v) is 5.87. The van der Waals surface area contributed by atoms with E-state index in [2.05, 4.69) is 10.3 Å². The van der Waals surface area contributed by atoms with Crippen LogP contribution in [0.1, 0.15) is 24.0 Å². The molecule has 15 heavy (non-hydrogen) atoms. The van der Waals surface area contributed by atoms with E-state index in [0.29, 0.717) is 19.5 Å². The predicted molar refractivity (Wildman–Crippen MR) is 61.5 cm³/mol. The lowest BCUT2D eigenvalue weighted by molar-refractivity contribution is -0.122. The highest BCUT2D eigenvalue weighted by atomic mass is 32.1. The molecule has 4 nitrogen and oxygen atoms in total. The number of aromatic nitrogens is 1. The third-order valence-electron chi connectivity index (χ3n) is 2.07. The van der Waals surface area contributed by atoms with Crippen molar-refractivity contribution in [2.45, 2.75) is 26.8 Å². The molecule has 0 saturated carbocycles. The fraction of sp³-hybridized carbons (Fsp3) is 0.600. The Labute approximate surface area is 93.9 Å². The number of nitrogens with zero attached hydrogens (tertiary/aromatic N) is 1. The summed E-state index contributed by atoms with van der Waals surface area (Å²) in [6, 6.07) is 0. The van der Waals surface area contributed by atoms with Crippen molar-refractivity contribution in [3.05, 3.63) is 16.1 Å². The number of carbonyl (C=O) groups excluding carboxylic acids is 1. The van der Waals surface area contributed by atoms with Gasteiger partial charge in [-0.05, 0) is 19.4 Å². The summed E-state index contributed by atoms with van der Waals surface area (Å²) in [5.74, 6) is 0.278. The van der Waals surface area contributed by atoms with Gasteiger partial charge in [-0.2, -0.15) is 0 Å². The number of carbonyl (C=O) groups is 1. The first-order chi connectivity index (χ1) is 7.11. The molecule has 1 aromatic heterocycles. The molecule has 1 aromatic rings. The standard InChI is InChI=1S/C10H17N3OS/c1-7(4-11)3-10(14)12-5-9-6-15-8(2)13-9/h6-7H,3-5,11H2,1-2H3,(H,12,14). The number of hydrogen-bond acceptors (Lipinski definition) is 4. The van der Waals surface area contributed by atoms with E-state index in [-0.39, 0.29) is 11.8 Å². The zero-order valence-electron chi connectivity index (χ0n) is 9.12. The summed E-state index contributed by atoms with van der Waals surface area (Å²) < 4.78 is 0. The van der Waals surface area contributed by atoms with Crippen LogP contribution in [-0.4, -0.2) is 17.4 Å². The quantitative estimate of drug-likeness (QED) is 0.790. The van der Waals surface area contributed by atoms with Crippen LogP contribution >= 0.6 is 11.3 Å². The molecule has 1 heterocycles. The molecule has 0 aliphatic heterocycles. The number of hydrogen-bond donors (Lipinski definition) is 2. The second kappa shape index (κ2) is 5.82. The minimum absolute atomic E-state index is 0.0404. The maximum atomic E-state index is 11.4. The Morgan fingerprint density at radius 2 is 2.47 bits per heavy atom. The van der Waals surface area contributed by atoms with Gasteiger partial charge in [-0.3, -0.25) is 4.79 Å². The van der Waals surface area contributed by atoms with E-state index in [9.17, 15) is 4.79 Å². The number of amides is 1. The van der Waals surface area contributed by atoms with Crippen LogP contribution in [0.3, 0.4) is 0 Å². The van der Waals surface area contributed by atoms with Crippen molar-refractivity contribution >= 4 is 17.2 Å². The maximum absolute atomic E-state index is 11.4. The first kappa shape index (κ1) is 12.1. The van der Waals surface area contributed by atoms with Crippen LogP contribution in [0.15, 0.2) is 5.38 Å². The van der Waals surface area contributed by atoms with Crippen molar-refractivity contribution in [3.8, 4) is 0 Å². The number of thiazole rings is 1. The van der Waals surface area contributed by atoms with Crippen LogP contribution < -0.4 is 11.1 Å². The number of nitrogens with two attached hydrogens (primary N) is 1. The van der Waals surface area contributed by atoms with Crippen LogP contribution in [0.25, 0.3) is 0 Å². The Hall–Kier alpha value is -0.940. The molecule has 1 atom stereocenters. The van der Waals surface area contributed by atoms with Gasteiger partial charge in [0, 0.05) is 11.8 Å². The Bertz CT molecular complexity index is 324. The highest BCUT2D eigenvalue weighted by Crippen LogP contribution is 2.07. The van der Waals surface area contributed by atoms with Crippen molar-refractivity contribution in [2.75, 3.05) is 6.54 Å². The van der Waals surface area contributed by atoms with Crippen LogP contribution in [0, 0.1) is 12.8 Å². The molecule has 1 amide bonds. The van der Waals surface area contributed by atoms with Gasteiger partial charge in [-0.1, -0.05) is 6.92 Å². The lowest BCUT2D eigenvalue weighted by atomic mass is 10.1. The summed E-state index contributed by atoms with van der Waals surface area (Å²) in [6.07, 6.45) is 0.486. The smallest absolute Gasteiger partial charge is 0.220 e. The van der Waals surface area contributed by atoms with Gasteiger partial charge in [0.2, 0.25) is 5.91 Å². The summed E-state index contributed by atoms with van der Waals surface area (Å²) >= 11 is 1.59. The van der Waals surface area contributed by atoms with E-state index < -0.39 is 0 Å². The van der Waals surface area contributed by atoms with Crippen molar-refractivity contribution < 1.29 is 4.79 Å². The zero-order chi connectivity index (χ0) is 11.3. The third kappa shape index (κ3) is 4.40. The molecule has 0 aromatic carbocycles. The van der Waals surface area contributed by atoms with E-state index >= 15 is 0 Å². The Morgan fingerprint density at radius 1 is 1.73 bits per heavy atom. The molecular weight excluding hydrogens is 210 g/mol. The van der Waals surface area contributed by atoms with Crippen molar-refractivity contribution in [2.24, 2.45) is 11.7 Å².